The summed E-state index contributed by atoms with van der Waals surface area (Å²) in [5.41, 5.74) is 2.14. The second-order valence-electron chi connectivity index (χ2n) is 7.72. The van der Waals surface area contributed by atoms with Gasteiger partial charge < -0.3 is 14.8 Å². The summed E-state index contributed by atoms with van der Waals surface area (Å²) in [4.78, 5) is 18.0. The van der Waals surface area contributed by atoms with Crippen LogP contribution in [0.25, 0.3) is 44.3 Å². The number of H-pyrrole nitrogens is 1. The Labute approximate surface area is 198 Å². The lowest BCUT2D eigenvalue weighted by molar-refractivity contribution is -0.384. The summed E-state index contributed by atoms with van der Waals surface area (Å²) in [6, 6.07) is 16.9. The zero-order chi connectivity index (χ0) is 24.9. The van der Waals surface area contributed by atoms with Crippen molar-refractivity contribution in [1.29, 1.82) is 0 Å². The van der Waals surface area contributed by atoms with E-state index in [9.17, 15) is 28.2 Å². The molecule has 0 bridgehead atoms. The van der Waals surface area contributed by atoms with E-state index < -0.39 is 15.0 Å². The van der Waals surface area contributed by atoms with Crippen LogP contribution in [0.2, 0.25) is 0 Å². The molecular formula is C24H17N3O7S. The van der Waals surface area contributed by atoms with Gasteiger partial charge in [0.15, 0.2) is 0 Å². The summed E-state index contributed by atoms with van der Waals surface area (Å²) in [7, 11) is -3.14. The van der Waals surface area contributed by atoms with Gasteiger partial charge in [-0.25, -0.2) is 4.98 Å². The van der Waals surface area contributed by atoms with Crippen molar-refractivity contribution in [2.24, 2.45) is 0 Å². The van der Waals surface area contributed by atoms with Crippen molar-refractivity contribution in [2.75, 3.05) is 7.11 Å². The Kier molecular flexibility index (Phi) is 5.15. The molecule has 0 aliphatic heterocycles. The van der Waals surface area contributed by atoms with E-state index in [4.69, 9.17) is 4.74 Å². The van der Waals surface area contributed by atoms with E-state index >= 15 is 0 Å². The molecule has 0 spiro atoms. The number of fused-ring (bicyclic) bond motifs is 3. The zero-order valence-corrected chi connectivity index (χ0v) is 18.9. The van der Waals surface area contributed by atoms with Crippen LogP contribution in [0.3, 0.4) is 0 Å². The first-order valence-electron chi connectivity index (χ1n) is 10.2. The largest absolute Gasteiger partial charge is 0.507 e. The number of phenolic OH excluding ortho intramolecular Hbond substituents is 1. The number of aromatic nitrogens is 2. The van der Waals surface area contributed by atoms with Gasteiger partial charge in [-0.05, 0) is 23.8 Å². The highest BCUT2D eigenvalue weighted by Crippen LogP contribution is 2.41. The van der Waals surface area contributed by atoms with Gasteiger partial charge in [-0.2, -0.15) is 8.42 Å². The van der Waals surface area contributed by atoms with Crippen molar-refractivity contribution >= 4 is 37.6 Å². The van der Waals surface area contributed by atoms with Crippen molar-refractivity contribution in [3.8, 4) is 34.0 Å². The van der Waals surface area contributed by atoms with E-state index in [1.165, 1.54) is 43.5 Å². The van der Waals surface area contributed by atoms with E-state index in [1.54, 1.807) is 30.3 Å². The molecule has 0 fully saturated rings. The fourth-order valence-electron chi connectivity index (χ4n) is 4.18. The van der Waals surface area contributed by atoms with Crippen LogP contribution in [0.4, 0.5) is 5.69 Å². The Balaban J connectivity index is 1.78. The number of aromatic amines is 1. The number of nitrogens with zero attached hydrogens (tertiary/aromatic N) is 2. The third kappa shape index (κ3) is 3.72. The third-order valence-electron chi connectivity index (χ3n) is 5.67. The van der Waals surface area contributed by atoms with E-state index in [1.807, 2.05) is 0 Å². The number of imidazole rings is 1. The number of nitro groups is 1. The molecular weight excluding hydrogens is 474 g/mol. The Morgan fingerprint density at radius 1 is 1.03 bits per heavy atom. The van der Waals surface area contributed by atoms with Crippen LogP contribution in [0, 0.1) is 10.1 Å². The number of non-ortho nitro benzene ring substituents is 1. The molecule has 0 saturated heterocycles. The van der Waals surface area contributed by atoms with Gasteiger partial charge in [0, 0.05) is 23.1 Å². The molecule has 10 nitrogen and oxygen atoms in total. The summed E-state index contributed by atoms with van der Waals surface area (Å²) in [6.45, 7) is 0. The second-order valence-corrected chi connectivity index (χ2v) is 9.11. The van der Waals surface area contributed by atoms with Crippen molar-refractivity contribution in [3.63, 3.8) is 0 Å². The highest BCUT2D eigenvalue weighted by molar-refractivity contribution is 7.86. The Hall–Kier alpha value is -4.48. The Morgan fingerprint density at radius 2 is 1.74 bits per heavy atom. The van der Waals surface area contributed by atoms with Crippen LogP contribution in [-0.4, -0.2) is 40.1 Å². The molecule has 0 radical (unpaired) electrons. The average molecular weight is 491 g/mol. The molecule has 0 unspecified atom stereocenters. The molecule has 176 valence electrons. The average Bonchev–Trinajstić information content (AvgIpc) is 3.26. The van der Waals surface area contributed by atoms with Crippen molar-refractivity contribution in [3.05, 3.63) is 76.8 Å². The van der Waals surface area contributed by atoms with Gasteiger partial charge in [-0.3, -0.25) is 14.7 Å². The number of nitro benzene ring substituents is 1. The summed E-state index contributed by atoms with van der Waals surface area (Å²) in [5, 5.41) is 22.0. The van der Waals surface area contributed by atoms with Crippen LogP contribution in [0.15, 0.2) is 71.6 Å². The summed E-state index contributed by atoms with van der Waals surface area (Å²) < 4.78 is 39.5. The number of benzene rings is 4. The number of para-hydroxylation sites is 1. The SMILES string of the molecule is COc1c(-c2cccc([N+](=O)[O-])c2)cccc1-c1nc2c(cc(S(=O)(=O)O)c3cccc(O)c32)[nH]1. The lowest BCUT2D eigenvalue weighted by atomic mass is 10.0. The van der Waals surface area contributed by atoms with Crippen LogP contribution >= 0.6 is 0 Å². The number of methoxy groups -OCH3 is 1. The number of nitrogens with one attached hydrogen (secondary N) is 1. The smallest absolute Gasteiger partial charge is 0.295 e. The normalized spacial score (nSPS) is 11.7. The van der Waals surface area contributed by atoms with Crippen LogP contribution in [-0.2, 0) is 10.1 Å². The lowest BCUT2D eigenvalue weighted by Crippen LogP contribution is -1.99. The number of ether oxygens (including phenoxy) is 1. The number of hydrogen-bond acceptors (Lipinski definition) is 7. The van der Waals surface area contributed by atoms with Crippen molar-refractivity contribution in [1.82, 2.24) is 9.97 Å². The molecule has 0 atom stereocenters. The van der Waals surface area contributed by atoms with Crippen LogP contribution < -0.4 is 4.74 Å². The minimum absolute atomic E-state index is 0.0709. The fourth-order valence-corrected chi connectivity index (χ4v) is 4.90. The van der Waals surface area contributed by atoms with E-state index in [-0.39, 0.29) is 32.6 Å². The van der Waals surface area contributed by atoms with Gasteiger partial charge in [-0.15, -0.1) is 0 Å². The number of aromatic hydroxyl groups is 1. The number of phenols is 1. The molecule has 1 heterocycles. The summed E-state index contributed by atoms with van der Waals surface area (Å²) in [6.07, 6.45) is 0. The second kappa shape index (κ2) is 8.08. The summed E-state index contributed by atoms with van der Waals surface area (Å²) >= 11 is 0. The molecule has 35 heavy (non-hydrogen) atoms. The predicted octanol–water partition coefficient (Wildman–Crippen LogP) is 4.92. The molecule has 5 aromatic rings. The highest BCUT2D eigenvalue weighted by atomic mass is 32.2. The fraction of sp³-hybridized carbons (Fsp3) is 0.0417. The maximum Gasteiger partial charge on any atom is 0.295 e. The zero-order valence-electron chi connectivity index (χ0n) is 18.1. The Bertz CT molecular complexity index is 1760. The maximum atomic E-state index is 12.0. The maximum absolute atomic E-state index is 12.0. The first-order valence-corrected chi connectivity index (χ1v) is 11.7. The van der Waals surface area contributed by atoms with Gasteiger partial charge in [-0.1, -0.05) is 36.4 Å². The van der Waals surface area contributed by atoms with Crippen LogP contribution in [0.5, 0.6) is 11.5 Å². The van der Waals surface area contributed by atoms with E-state index in [2.05, 4.69) is 9.97 Å². The first kappa shape index (κ1) is 22.3. The van der Waals surface area contributed by atoms with Gasteiger partial charge >= 0.3 is 0 Å². The molecule has 5 rings (SSSR count). The molecule has 3 N–H and O–H groups in total. The van der Waals surface area contributed by atoms with Gasteiger partial charge in [0.1, 0.15) is 27.7 Å². The lowest BCUT2D eigenvalue weighted by Gasteiger charge is -2.12. The minimum atomic E-state index is -4.60. The summed E-state index contributed by atoms with van der Waals surface area (Å²) in [5.74, 6) is 0.491. The quantitative estimate of drug-likeness (QED) is 0.178. The highest BCUT2D eigenvalue weighted by Gasteiger charge is 2.22. The molecule has 0 aliphatic rings. The number of rotatable bonds is 5. The van der Waals surface area contributed by atoms with Gasteiger partial charge in [0.2, 0.25) is 0 Å². The predicted molar refractivity (Wildman–Crippen MR) is 129 cm³/mol. The molecule has 0 saturated carbocycles. The molecule has 0 amide bonds. The van der Waals surface area contributed by atoms with Crippen molar-refractivity contribution < 1.29 is 27.7 Å². The van der Waals surface area contributed by atoms with E-state index in [0.717, 1.165) is 0 Å². The molecule has 0 aliphatic carbocycles. The third-order valence-corrected chi connectivity index (χ3v) is 6.57. The monoisotopic (exact) mass is 491 g/mol. The van der Waals surface area contributed by atoms with E-state index in [0.29, 0.717) is 33.8 Å². The van der Waals surface area contributed by atoms with Crippen LogP contribution in [0.1, 0.15) is 0 Å². The van der Waals surface area contributed by atoms with Gasteiger partial charge in [0.25, 0.3) is 15.8 Å². The van der Waals surface area contributed by atoms with Crippen molar-refractivity contribution in [2.45, 2.75) is 4.90 Å². The van der Waals surface area contributed by atoms with Gasteiger partial charge in [0.05, 0.1) is 28.5 Å². The number of hydrogen-bond donors (Lipinski definition) is 3. The molecule has 1 aromatic heterocycles. The minimum Gasteiger partial charge on any atom is -0.507 e. The standard InChI is InChI=1S/C24H17N3O7S/c1-34-23-15(13-5-2-6-14(11-13)27(29)30)7-3-9-17(23)24-25-18-12-20(35(31,32)33)16-8-4-10-19(28)21(16)22(18)26-24/h2-12,28H,1H3,(H,25,26)(H,31,32,33). The Morgan fingerprint density at radius 3 is 2.46 bits per heavy atom. The first-order chi connectivity index (χ1) is 16.7. The molecule has 4 aromatic carbocycles. The topological polar surface area (TPSA) is 156 Å². The molecule has 11 heteroatoms.